The van der Waals surface area contributed by atoms with Crippen LogP contribution in [-0.2, 0) is 17.8 Å². The third-order valence-corrected chi connectivity index (χ3v) is 5.31. The molecule has 0 spiro atoms. The number of amides is 1. The van der Waals surface area contributed by atoms with Crippen LogP contribution in [0.1, 0.15) is 22.3 Å². The van der Waals surface area contributed by atoms with E-state index in [2.05, 4.69) is 48.5 Å². The predicted molar refractivity (Wildman–Crippen MR) is 123 cm³/mol. The number of nitriles is 1. The first-order valence-corrected chi connectivity index (χ1v) is 10.6. The highest BCUT2D eigenvalue weighted by molar-refractivity contribution is 9.10. The molecule has 0 radical (unpaired) electrons. The van der Waals surface area contributed by atoms with Crippen molar-refractivity contribution in [3.05, 3.63) is 97.9 Å². The summed E-state index contributed by atoms with van der Waals surface area (Å²) in [6, 6.07) is 22.5. The summed E-state index contributed by atoms with van der Waals surface area (Å²) in [6.45, 7) is 0.294. The second-order valence-corrected chi connectivity index (χ2v) is 8.11. The monoisotopic (exact) mass is 525 g/mol. The first-order valence-electron chi connectivity index (χ1n) is 9.02. The molecule has 0 fully saturated rings. The number of hydrogen-bond donors (Lipinski definition) is 1. The summed E-state index contributed by atoms with van der Waals surface area (Å²) >= 11 is 6.85. The van der Waals surface area contributed by atoms with Gasteiger partial charge in [-0.3, -0.25) is 4.79 Å². The van der Waals surface area contributed by atoms with Crippen molar-refractivity contribution in [2.75, 3.05) is 0 Å². The minimum atomic E-state index is -0.191. The van der Waals surface area contributed by atoms with Gasteiger partial charge >= 0.3 is 0 Å². The van der Waals surface area contributed by atoms with Gasteiger partial charge in [-0.25, -0.2) is 5.43 Å². The molecule has 3 rings (SSSR count). The molecule has 3 aromatic carbocycles. The lowest BCUT2D eigenvalue weighted by atomic mass is 10.1. The van der Waals surface area contributed by atoms with Crippen LogP contribution >= 0.6 is 31.9 Å². The molecule has 150 valence electrons. The second kappa shape index (κ2) is 10.7. The van der Waals surface area contributed by atoms with E-state index in [-0.39, 0.29) is 12.3 Å². The molecule has 0 aliphatic rings. The topological polar surface area (TPSA) is 74.5 Å². The molecule has 0 aromatic heterocycles. The van der Waals surface area contributed by atoms with Crippen molar-refractivity contribution in [2.24, 2.45) is 5.10 Å². The number of nitrogens with zero attached hydrogens (tertiary/aromatic N) is 2. The van der Waals surface area contributed by atoms with Crippen molar-refractivity contribution >= 4 is 44.0 Å². The van der Waals surface area contributed by atoms with Crippen molar-refractivity contribution in [1.29, 1.82) is 5.26 Å². The number of nitrogens with one attached hydrogen (secondary N) is 1. The van der Waals surface area contributed by atoms with Gasteiger partial charge in [-0.2, -0.15) is 10.4 Å². The normalized spacial score (nSPS) is 10.6. The van der Waals surface area contributed by atoms with Crippen LogP contribution < -0.4 is 10.2 Å². The van der Waals surface area contributed by atoms with Crippen LogP contribution in [-0.4, -0.2) is 12.1 Å². The van der Waals surface area contributed by atoms with Crippen LogP contribution in [0.15, 0.2) is 80.8 Å². The fraction of sp³-hybridized carbons (Fsp3) is 0.0870. The van der Waals surface area contributed by atoms with E-state index in [0.29, 0.717) is 17.9 Å². The average Bonchev–Trinajstić information content (AvgIpc) is 2.75. The number of ether oxygens (including phenoxy) is 1. The number of benzene rings is 3. The molecule has 7 heteroatoms. The summed E-state index contributed by atoms with van der Waals surface area (Å²) in [5.41, 5.74) is 5.66. The van der Waals surface area contributed by atoms with Crippen LogP contribution in [0, 0.1) is 11.3 Å². The second-order valence-electron chi connectivity index (χ2n) is 6.34. The lowest BCUT2D eigenvalue weighted by Crippen LogP contribution is -2.19. The minimum Gasteiger partial charge on any atom is -0.488 e. The Kier molecular flexibility index (Phi) is 7.77. The Morgan fingerprint density at radius 1 is 1.10 bits per heavy atom. The zero-order valence-electron chi connectivity index (χ0n) is 15.8. The summed E-state index contributed by atoms with van der Waals surface area (Å²) in [5.74, 6) is 0.461. The lowest BCUT2D eigenvalue weighted by Gasteiger charge is -2.10. The molecule has 0 heterocycles. The largest absolute Gasteiger partial charge is 0.488 e. The van der Waals surface area contributed by atoms with Gasteiger partial charge in [0.25, 0.3) is 0 Å². The number of carbonyl (C=O) groups is 1. The number of hydrazone groups is 1. The van der Waals surface area contributed by atoms with Gasteiger partial charge in [0.05, 0.1) is 28.7 Å². The van der Waals surface area contributed by atoms with Gasteiger partial charge in [0.2, 0.25) is 5.91 Å². The Bertz CT molecular complexity index is 1110. The van der Waals surface area contributed by atoms with Crippen LogP contribution in [0.3, 0.4) is 0 Å². The minimum absolute atomic E-state index is 0.191. The number of halogens is 2. The average molecular weight is 527 g/mol. The maximum atomic E-state index is 12.0. The number of hydrogen-bond acceptors (Lipinski definition) is 4. The van der Waals surface area contributed by atoms with E-state index >= 15 is 0 Å². The third-order valence-electron chi connectivity index (χ3n) is 4.16. The fourth-order valence-corrected chi connectivity index (χ4v) is 3.41. The molecular weight excluding hydrogens is 510 g/mol. The summed E-state index contributed by atoms with van der Waals surface area (Å²) < 4.78 is 7.54. The third kappa shape index (κ3) is 6.28. The molecule has 30 heavy (non-hydrogen) atoms. The SMILES string of the molecule is N#Cc1ccccc1COc1ccc(/C=N\NC(=O)Cc2ccc(Br)cc2)cc1Br. The Balaban J connectivity index is 1.55. The summed E-state index contributed by atoms with van der Waals surface area (Å²) in [6.07, 6.45) is 1.82. The van der Waals surface area contributed by atoms with Crippen LogP contribution in [0.2, 0.25) is 0 Å². The summed E-state index contributed by atoms with van der Waals surface area (Å²) in [5, 5.41) is 13.2. The molecule has 5 nitrogen and oxygen atoms in total. The molecule has 0 saturated heterocycles. The van der Waals surface area contributed by atoms with Crippen LogP contribution in [0.25, 0.3) is 0 Å². The number of rotatable bonds is 7. The quantitative estimate of drug-likeness (QED) is 0.333. The smallest absolute Gasteiger partial charge is 0.244 e. The first-order chi connectivity index (χ1) is 14.5. The van der Waals surface area contributed by atoms with Gasteiger partial charge in [0.15, 0.2) is 0 Å². The van der Waals surface area contributed by atoms with Gasteiger partial charge in [-0.1, -0.05) is 46.3 Å². The van der Waals surface area contributed by atoms with Crippen molar-refractivity contribution in [1.82, 2.24) is 5.43 Å². The zero-order valence-corrected chi connectivity index (χ0v) is 19.0. The van der Waals surface area contributed by atoms with E-state index < -0.39 is 0 Å². The van der Waals surface area contributed by atoms with Crippen molar-refractivity contribution < 1.29 is 9.53 Å². The first kappa shape index (κ1) is 21.8. The Morgan fingerprint density at radius 3 is 2.60 bits per heavy atom. The summed E-state index contributed by atoms with van der Waals surface area (Å²) in [7, 11) is 0. The Hall–Kier alpha value is -2.95. The van der Waals surface area contributed by atoms with E-state index in [0.717, 1.165) is 25.6 Å². The molecule has 3 aromatic rings. The zero-order chi connectivity index (χ0) is 21.3. The lowest BCUT2D eigenvalue weighted by molar-refractivity contribution is -0.120. The predicted octanol–water partition coefficient (Wildman–Crippen LogP) is 5.36. The molecule has 0 unspecified atom stereocenters. The van der Waals surface area contributed by atoms with Crippen LogP contribution in [0.4, 0.5) is 0 Å². The van der Waals surface area contributed by atoms with E-state index in [9.17, 15) is 4.79 Å². The van der Waals surface area contributed by atoms with Gasteiger partial charge in [-0.15, -0.1) is 0 Å². The molecular formula is C23H17Br2N3O2. The highest BCUT2D eigenvalue weighted by Crippen LogP contribution is 2.26. The molecule has 0 saturated carbocycles. The molecule has 0 bridgehead atoms. The number of carbonyl (C=O) groups excluding carboxylic acids is 1. The van der Waals surface area contributed by atoms with Crippen molar-refractivity contribution in [3.8, 4) is 11.8 Å². The molecule has 1 N–H and O–H groups in total. The Morgan fingerprint density at radius 2 is 1.87 bits per heavy atom. The van der Waals surface area contributed by atoms with Crippen molar-refractivity contribution in [2.45, 2.75) is 13.0 Å². The standard InChI is InChI=1S/C23H17Br2N3O2/c24-20-8-5-16(6-9-20)12-23(29)28-27-14-17-7-10-22(21(25)11-17)30-15-19-4-2-1-3-18(19)13-26/h1-11,14H,12,15H2,(H,28,29)/b27-14-. The van der Waals surface area contributed by atoms with E-state index in [1.54, 1.807) is 12.3 Å². The Labute approximate surface area is 191 Å². The van der Waals surface area contributed by atoms with E-state index in [4.69, 9.17) is 10.00 Å². The highest BCUT2D eigenvalue weighted by Gasteiger charge is 2.06. The van der Waals surface area contributed by atoms with Gasteiger partial charge < -0.3 is 4.74 Å². The van der Waals surface area contributed by atoms with E-state index in [1.165, 1.54) is 0 Å². The van der Waals surface area contributed by atoms with Gasteiger partial charge in [0.1, 0.15) is 12.4 Å². The molecule has 0 atom stereocenters. The van der Waals surface area contributed by atoms with Crippen LogP contribution in [0.5, 0.6) is 5.75 Å². The molecule has 0 aliphatic heterocycles. The fourth-order valence-electron chi connectivity index (χ4n) is 2.63. The van der Waals surface area contributed by atoms with Crippen molar-refractivity contribution in [3.63, 3.8) is 0 Å². The maximum Gasteiger partial charge on any atom is 0.244 e. The van der Waals surface area contributed by atoms with Gasteiger partial charge in [0, 0.05) is 10.0 Å². The maximum absolute atomic E-state index is 12.0. The molecule has 0 aliphatic carbocycles. The molecule has 1 amide bonds. The van der Waals surface area contributed by atoms with Gasteiger partial charge in [-0.05, 0) is 63.5 Å². The summed E-state index contributed by atoms with van der Waals surface area (Å²) in [4.78, 5) is 12.0. The van der Waals surface area contributed by atoms with E-state index in [1.807, 2.05) is 60.7 Å². The highest BCUT2D eigenvalue weighted by atomic mass is 79.9.